The average molecular weight is 380 g/mol. The number of rotatable bonds is 4. The predicted octanol–water partition coefficient (Wildman–Crippen LogP) is 2.76. The number of morpholine rings is 1. The molecule has 1 aromatic carbocycles. The Kier molecular flexibility index (Phi) is 5.51. The minimum atomic E-state index is -0.451. The van der Waals surface area contributed by atoms with Crippen molar-refractivity contribution >= 4 is 17.4 Å². The summed E-state index contributed by atoms with van der Waals surface area (Å²) >= 11 is 5.92. The van der Waals surface area contributed by atoms with E-state index < -0.39 is 5.82 Å². The van der Waals surface area contributed by atoms with Crippen molar-refractivity contribution in [1.29, 1.82) is 0 Å². The monoisotopic (exact) mass is 379 g/mol. The van der Waals surface area contributed by atoms with Crippen LogP contribution in [0.4, 0.5) is 4.39 Å². The minimum Gasteiger partial charge on any atom is -0.364 e. The summed E-state index contributed by atoms with van der Waals surface area (Å²) in [6.45, 7) is 10.1. The van der Waals surface area contributed by atoms with E-state index in [0.29, 0.717) is 12.1 Å². The Morgan fingerprint density at radius 2 is 1.92 bits per heavy atom. The van der Waals surface area contributed by atoms with Crippen molar-refractivity contribution in [1.82, 2.24) is 4.57 Å². The molecule has 26 heavy (non-hydrogen) atoms. The van der Waals surface area contributed by atoms with Gasteiger partial charge in [-0.1, -0.05) is 11.6 Å². The van der Waals surface area contributed by atoms with E-state index in [9.17, 15) is 9.18 Å². The number of benzene rings is 1. The Morgan fingerprint density at radius 3 is 2.54 bits per heavy atom. The maximum absolute atomic E-state index is 13.5. The fraction of sp³-hybridized carbons (Fsp3) is 0.450. The molecule has 0 saturated carbocycles. The molecule has 140 valence electrons. The summed E-state index contributed by atoms with van der Waals surface area (Å²) in [7, 11) is 0. The number of carbonyl (C=O) groups is 1. The molecule has 0 aliphatic carbocycles. The Balaban J connectivity index is 1.85. The highest BCUT2D eigenvalue weighted by atomic mass is 35.5. The summed E-state index contributed by atoms with van der Waals surface area (Å²) < 4.78 is 21.2. The van der Waals surface area contributed by atoms with Crippen molar-refractivity contribution < 1.29 is 18.8 Å². The lowest BCUT2D eigenvalue weighted by molar-refractivity contribution is -0.906. The molecule has 1 aromatic heterocycles. The lowest BCUT2D eigenvalue weighted by Gasteiger charge is -2.31. The highest BCUT2D eigenvalue weighted by Gasteiger charge is 2.28. The number of carbonyl (C=O) groups excluding carboxylic acids is 1. The number of ether oxygens (including phenoxy) is 1. The van der Waals surface area contributed by atoms with Crippen LogP contribution in [0.1, 0.15) is 35.6 Å². The zero-order valence-corrected chi connectivity index (χ0v) is 16.4. The molecule has 0 spiro atoms. The summed E-state index contributed by atoms with van der Waals surface area (Å²) in [4.78, 5) is 14.2. The normalized spacial score (nSPS) is 23.2. The lowest BCUT2D eigenvalue weighted by atomic mass is 10.1. The van der Waals surface area contributed by atoms with Crippen molar-refractivity contribution in [2.45, 2.75) is 39.9 Å². The number of hydrogen-bond donors (Lipinski definition) is 1. The van der Waals surface area contributed by atoms with Gasteiger partial charge in [0.15, 0.2) is 0 Å². The molecular weight excluding hydrogens is 355 g/mol. The summed E-state index contributed by atoms with van der Waals surface area (Å²) in [5.74, 6) is -0.331. The first-order valence-corrected chi connectivity index (χ1v) is 9.30. The van der Waals surface area contributed by atoms with E-state index in [2.05, 4.69) is 0 Å². The van der Waals surface area contributed by atoms with Gasteiger partial charge in [0.1, 0.15) is 37.7 Å². The third-order valence-corrected chi connectivity index (χ3v) is 5.21. The first-order chi connectivity index (χ1) is 12.3. The summed E-state index contributed by atoms with van der Waals surface area (Å²) in [5.41, 5.74) is 3.24. The van der Waals surface area contributed by atoms with Crippen LogP contribution in [0, 0.1) is 19.7 Å². The molecule has 0 bridgehead atoms. The van der Waals surface area contributed by atoms with Gasteiger partial charge in [-0.05, 0) is 52.0 Å². The molecule has 1 fully saturated rings. The summed E-state index contributed by atoms with van der Waals surface area (Å²) in [6, 6.07) is 6.51. The smallest absolute Gasteiger partial charge is 0.218 e. The van der Waals surface area contributed by atoms with Gasteiger partial charge in [-0.25, -0.2) is 4.39 Å². The molecule has 1 aliphatic rings. The molecule has 0 amide bonds. The van der Waals surface area contributed by atoms with Gasteiger partial charge in [0.25, 0.3) is 0 Å². The number of ketones is 1. The van der Waals surface area contributed by atoms with Gasteiger partial charge in [-0.3, -0.25) is 4.79 Å². The zero-order valence-electron chi connectivity index (χ0n) is 15.6. The van der Waals surface area contributed by atoms with E-state index in [4.69, 9.17) is 16.3 Å². The van der Waals surface area contributed by atoms with Crippen LogP contribution in [0.15, 0.2) is 24.3 Å². The molecule has 2 atom stereocenters. The molecule has 1 N–H and O–H groups in total. The van der Waals surface area contributed by atoms with Gasteiger partial charge in [0.2, 0.25) is 5.78 Å². The Labute approximate surface area is 158 Å². The van der Waals surface area contributed by atoms with E-state index in [1.54, 1.807) is 12.1 Å². The van der Waals surface area contributed by atoms with E-state index >= 15 is 0 Å². The van der Waals surface area contributed by atoms with E-state index in [0.717, 1.165) is 30.2 Å². The van der Waals surface area contributed by atoms with E-state index in [1.807, 2.05) is 38.3 Å². The molecule has 2 aromatic rings. The Morgan fingerprint density at radius 1 is 1.27 bits per heavy atom. The number of aryl methyl sites for hydroxylation is 1. The molecule has 0 unspecified atom stereocenters. The highest BCUT2D eigenvalue weighted by Crippen LogP contribution is 2.24. The van der Waals surface area contributed by atoms with Crippen molar-refractivity contribution in [2.75, 3.05) is 19.6 Å². The third kappa shape index (κ3) is 3.85. The van der Waals surface area contributed by atoms with Gasteiger partial charge < -0.3 is 14.2 Å². The van der Waals surface area contributed by atoms with Crippen molar-refractivity contribution in [3.63, 3.8) is 0 Å². The van der Waals surface area contributed by atoms with Crippen LogP contribution >= 0.6 is 11.6 Å². The average Bonchev–Trinajstić information content (AvgIpc) is 2.84. The van der Waals surface area contributed by atoms with Crippen LogP contribution in [0.25, 0.3) is 5.69 Å². The van der Waals surface area contributed by atoms with Crippen LogP contribution in [0.3, 0.4) is 0 Å². The van der Waals surface area contributed by atoms with Crippen molar-refractivity contribution in [3.05, 3.63) is 52.1 Å². The lowest BCUT2D eigenvalue weighted by Crippen LogP contribution is -3.16. The number of hydrogen-bond acceptors (Lipinski definition) is 2. The van der Waals surface area contributed by atoms with Gasteiger partial charge in [0, 0.05) is 22.6 Å². The quantitative estimate of drug-likeness (QED) is 0.829. The first kappa shape index (κ1) is 19.1. The van der Waals surface area contributed by atoms with E-state index in [1.165, 1.54) is 11.0 Å². The summed E-state index contributed by atoms with van der Waals surface area (Å²) in [6.07, 6.45) is 0.325. The molecule has 4 nitrogen and oxygen atoms in total. The number of halogens is 2. The van der Waals surface area contributed by atoms with Crippen LogP contribution in [-0.4, -0.2) is 42.2 Å². The fourth-order valence-electron chi connectivity index (χ4n) is 3.92. The number of nitrogens with zero attached hydrogens (tertiary/aromatic N) is 1. The topological polar surface area (TPSA) is 35.7 Å². The standard InChI is InChI=1S/C20H24ClFN2O2/c1-12-7-17(20(25)11-23-9-13(2)26-14(3)10-23)15(4)24(12)16-5-6-19(22)18(21)8-16/h5-8,13-14H,9-11H2,1-4H3/p+1/t13-,14-/m0/s1. The number of aromatic nitrogens is 1. The molecule has 1 saturated heterocycles. The number of Topliss-reactive ketones (excluding diaryl/α,β-unsaturated/α-hetero) is 1. The second-order valence-corrected chi connectivity index (χ2v) is 7.64. The second kappa shape index (κ2) is 7.51. The largest absolute Gasteiger partial charge is 0.364 e. The molecule has 1 aliphatic heterocycles. The molecule has 0 radical (unpaired) electrons. The van der Waals surface area contributed by atoms with E-state index in [-0.39, 0.29) is 23.0 Å². The fourth-order valence-corrected chi connectivity index (χ4v) is 4.10. The summed E-state index contributed by atoms with van der Waals surface area (Å²) in [5, 5.41) is 0.0728. The third-order valence-electron chi connectivity index (χ3n) is 4.92. The van der Waals surface area contributed by atoms with Crippen LogP contribution < -0.4 is 4.90 Å². The zero-order chi connectivity index (χ0) is 19.0. The maximum atomic E-state index is 13.5. The molecule has 3 rings (SSSR count). The molecular formula is C20H25ClFN2O2+. The van der Waals surface area contributed by atoms with Crippen LogP contribution in [0.2, 0.25) is 5.02 Å². The van der Waals surface area contributed by atoms with Gasteiger partial charge in [-0.2, -0.15) is 0 Å². The Bertz CT molecular complexity index is 823. The van der Waals surface area contributed by atoms with Crippen LogP contribution in [-0.2, 0) is 4.74 Å². The number of quaternary nitrogens is 1. The molecule has 6 heteroatoms. The first-order valence-electron chi connectivity index (χ1n) is 8.93. The number of nitrogens with one attached hydrogen (secondary N) is 1. The van der Waals surface area contributed by atoms with Gasteiger partial charge in [-0.15, -0.1) is 0 Å². The SMILES string of the molecule is Cc1cc(C(=O)C[NH+]2C[C@H](C)O[C@@H](C)C2)c(C)n1-c1ccc(F)c(Cl)c1. The van der Waals surface area contributed by atoms with Gasteiger partial charge >= 0.3 is 0 Å². The van der Waals surface area contributed by atoms with Crippen molar-refractivity contribution in [3.8, 4) is 5.69 Å². The molecule has 2 heterocycles. The van der Waals surface area contributed by atoms with Crippen LogP contribution in [0.5, 0.6) is 0 Å². The predicted molar refractivity (Wildman–Crippen MR) is 100 cm³/mol. The Hall–Kier alpha value is -1.69. The highest BCUT2D eigenvalue weighted by molar-refractivity contribution is 6.30. The van der Waals surface area contributed by atoms with Gasteiger partial charge in [0.05, 0.1) is 5.02 Å². The minimum absolute atomic E-state index is 0.0728. The van der Waals surface area contributed by atoms with Crippen molar-refractivity contribution in [2.24, 2.45) is 0 Å². The second-order valence-electron chi connectivity index (χ2n) is 7.23. The maximum Gasteiger partial charge on any atom is 0.218 e.